The number of carbonyl (C=O) groups is 2. The summed E-state index contributed by atoms with van der Waals surface area (Å²) in [7, 11) is 0. The molecule has 0 bridgehead atoms. The van der Waals surface area contributed by atoms with Crippen LogP contribution in [0.25, 0.3) is 6.08 Å². The van der Waals surface area contributed by atoms with Crippen molar-refractivity contribution in [2.45, 2.75) is 13.8 Å². The summed E-state index contributed by atoms with van der Waals surface area (Å²) >= 11 is 5.87. The molecule has 0 saturated heterocycles. The second-order valence-electron chi connectivity index (χ2n) is 3.67. The summed E-state index contributed by atoms with van der Waals surface area (Å²) in [4.78, 5) is 32.1. The number of rotatable bonds is 3. The van der Waals surface area contributed by atoms with E-state index in [1.807, 2.05) is 0 Å². The monoisotopic (exact) mass is 283 g/mol. The first-order chi connectivity index (χ1) is 8.81. The van der Waals surface area contributed by atoms with Gasteiger partial charge in [-0.2, -0.15) is 0 Å². The highest BCUT2D eigenvalue weighted by Crippen LogP contribution is 2.24. The van der Waals surface area contributed by atoms with Gasteiger partial charge in [-0.15, -0.1) is 0 Å². The first-order valence-electron chi connectivity index (χ1n) is 5.16. The molecule has 0 amide bonds. The van der Waals surface area contributed by atoms with Crippen molar-refractivity contribution in [3.05, 3.63) is 44.5 Å². The van der Waals surface area contributed by atoms with Crippen molar-refractivity contribution in [2.24, 2.45) is 0 Å². The van der Waals surface area contributed by atoms with Gasteiger partial charge in [0.2, 0.25) is 0 Å². The van der Waals surface area contributed by atoms with Gasteiger partial charge in [0.15, 0.2) is 0 Å². The molecule has 0 heterocycles. The zero-order chi connectivity index (χ0) is 14.6. The number of ether oxygens (including phenoxy) is 1. The van der Waals surface area contributed by atoms with Crippen LogP contribution in [0.15, 0.2) is 23.8 Å². The van der Waals surface area contributed by atoms with Crippen molar-refractivity contribution >= 4 is 35.3 Å². The highest BCUT2D eigenvalue weighted by molar-refractivity contribution is 6.32. The molecule has 0 fully saturated rings. The average molecular weight is 284 g/mol. The van der Waals surface area contributed by atoms with E-state index in [-0.39, 0.29) is 16.3 Å². The zero-order valence-corrected chi connectivity index (χ0v) is 10.9. The maximum Gasteiger partial charge on any atom is 0.341 e. The van der Waals surface area contributed by atoms with E-state index in [9.17, 15) is 19.7 Å². The van der Waals surface area contributed by atoms with Crippen LogP contribution in [0.4, 0.5) is 5.69 Å². The molecule has 0 N–H and O–H groups in total. The lowest BCUT2D eigenvalue weighted by molar-refractivity contribution is -0.384. The second kappa shape index (κ2) is 6.10. The summed E-state index contributed by atoms with van der Waals surface area (Å²) in [6.45, 7) is 2.52. The van der Waals surface area contributed by atoms with Crippen LogP contribution in [0.2, 0.25) is 5.02 Å². The molecule has 0 aliphatic carbocycles. The van der Waals surface area contributed by atoms with Crippen LogP contribution >= 0.6 is 11.6 Å². The van der Waals surface area contributed by atoms with Crippen LogP contribution in [-0.2, 0) is 14.3 Å². The van der Waals surface area contributed by atoms with E-state index in [2.05, 4.69) is 4.74 Å². The SMILES string of the molecule is CC(=O)OC(=O)C(C)=Cc1cc([N+](=O)[O-])ccc1Cl. The molecule has 100 valence electrons. The fourth-order valence-corrected chi connectivity index (χ4v) is 1.43. The summed E-state index contributed by atoms with van der Waals surface area (Å²) in [5.41, 5.74) is 0.259. The fraction of sp³-hybridized carbons (Fsp3) is 0.167. The van der Waals surface area contributed by atoms with Crippen molar-refractivity contribution in [3.8, 4) is 0 Å². The first kappa shape index (κ1) is 14.8. The molecule has 1 aromatic carbocycles. The van der Waals surface area contributed by atoms with Crippen molar-refractivity contribution in [2.75, 3.05) is 0 Å². The molecule has 6 nitrogen and oxygen atoms in total. The number of hydrogen-bond acceptors (Lipinski definition) is 5. The van der Waals surface area contributed by atoms with Crippen LogP contribution in [0.3, 0.4) is 0 Å². The van der Waals surface area contributed by atoms with E-state index < -0.39 is 16.9 Å². The van der Waals surface area contributed by atoms with Gasteiger partial charge in [0, 0.05) is 35.2 Å². The summed E-state index contributed by atoms with van der Waals surface area (Å²) in [6, 6.07) is 3.84. The Labute approximate surface area is 113 Å². The molecule has 0 saturated carbocycles. The molecule has 0 spiro atoms. The number of carbonyl (C=O) groups excluding carboxylic acids is 2. The van der Waals surface area contributed by atoms with Crippen molar-refractivity contribution < 1.29 is 19.2 Å². The van der Waals surface area contributed by atoms with E-state index in [0.717, 1.165) is 6.92 Å². The molecular weight excluding hydrogens is 274 g/mol. The van der Waals surface area contributed by atoms with Crippen LogP contribution in [0, 0.1) is 10.1 Å². The highest BCUT2D eigenvalue weighted by atomic mass is 35.5. The number of nitro benzene ring substituents is 1. The summed E-state index contributed by atoms with van der Waals surface area (Å²) in [6.07, 6.45) is 1.32. The normalized spacial score (nSPS) is 11.0. The van der Waals surface area contributed by atoms with Crippen molar-refractivity contribution in [1.29, 1.82) is 0 Å². The Bertz CT molecular complexity index is 579. The van der Waals surface area contributed by atoms with Gasteiger partial charge in [-0.05, 0) is 19.1 Å². The summed E-state index contributed by atoms with van der Waals surface area (Å²) in [5.74, 6) is -1.56. The minimum Gasteiger partial charge on any atom is -0.390 e. The molecule has 1 aromatic rings. The molecule has 0 atom stereocenters. The largest absolute Gasteiger partial charge is 0.390 e. The number of nitrogens with zero attached hydrogens (tertiary/aromatic N) is 1. The summed E-state index contributed by atoms with van der Waals surface area (Å²) < 4.78 is 4.38. The first-order valence-corrected chi connectivity index (χ1v) is 5.54. The van der Waals surface area contributed by atoms with E-state index in [1.165, 1.54) is 31.2 Å². The van der Waals surface area contributed by atoms with Gasteiger partial charge >= 0.3 is 11.9 Å². The Morgan fingerprint density at radius 3 is 2.53 bits per heavy atom. The second-order valence-corrected chi connectivity index (χ2v) is 4.08. The Balaban J connectivity index is 3.09. The summed E-state index contributed by atoms with van der Waals surface area (Å²) in [5, 5.41) is 10.9. The Hall–Kier alpha value is -2.21. The molecule has 7 heteroatoms. The van der Waals surface area contributed by atoms with Crippen molar-refractivity contribution in [3.63, 3.8) is 0 Å². The predicted octanol–water partition coefficient (Wildman–Crippen LogP) is 2.74. The maximum absolute atomic E-state index is 11.4. The molecule has 0 unspecified atom stereocenters. The smallest absolute Gasteiger partial charge is 0.341 e. The van der Waals surface area contributed by atoms with Gasteiger partial charge in [0.1, 0.15) is 0 Å². The molecule has 19 heavy (non-hydrogen) atoms. The number of esters is 2. The Morgan fingerprint density at radius 2 is 2.00 bits per heavy atom. The average Bonchev–Trinajstić information content (AvgIpc) is 2.30. The number of halogens is 1. The standard InChI is InChI=1S/C12H10ClNO5/c1-7(12(16)19-8(2)15)5-9-6-10(14(17)18)3-4-11(9)13/h3-6H,1-2H3. The van der Waals surface area contributed by atoms with E-state index >= 15 is 0 Å². The number of non-ortho nitro benzene ring substituents is 1. The molecule has 1 rings (SSSR count). The quantitative estimate of drug-likeness (QED) is 0.280. The van der Waals surface area contributed by atoms with E-state index in [4.69, 9.17) is 11.6 Å². The zero-order valence-electron chi connectivity index (χ0n) is 10.2. The van der Waals surface area contributed by atoms with Crippen LogP contribution in [0.5, 0.6) is 0 Å². The lowest BCUT2D eigenvalue weighted by Gasteiger charge is -2.02. The topological polar surface area (TPSA) is 86.5 Å². The molecule has 0 aliphatic rings. The number of benzene rings is 1. The molecular formula is C12H10ClNO5. The van der Waals surface area contributed by atoms with Gasteiger partial charge in [0.25, 0.3) is 5.69 Å². The molecule has 0 radical (unpaired) electrons. The van der Waals surface area contributed by atoms with Crippen LogP contribution in [0.1, 0.15) is 19.4 Å². The van der Waals surface area contributed by atoms with Gasteiger partial charge < -0.3 is 4.74 Å². The molecule has 0 aliphatic heterocycles. The van der Waals surface area contributed by atoms with E-state index in [0.29, 0.717) is 5.56 Å². The third kappa shape index (κ3) is 4.18. The minimum absolute atomic E-state index is 0.109. The minimum atomic E-state index is -0.824. The third-order valence-electron chi connectivity index (χ3n) is 2.12. The van der Waals surface area contributed by atoms with E-state index in [1.54, 1.807) is 0 Å². The van der Waals surface area contributed by atoms with Gasteiger partial charge in [-0.25, -0.2) is 4.79 Å². The Morgan fingerprint density at radius 1 is 1.37 bits per heavy atom. The highest BCUT2D eigenvalue weighted by Gasteiger charge is 2.12. The van der Waals surface area contributed by atoms with Gasteiger partial charge in [-0.1, -0.05) is 11.6 Å². The lowest BCUT2D eigenvalue weighted by atomic mass is 10.1. The van der Waals surface area contributed by atoms with Crippen LogP contribution in [-0.4, -0.2) is 16.9 Å². The van der Waals surface area contributed by atoms with Gasteiger partial charge in [-0.3, -0.25) is 14.9 Å². The Kier molecular flexibility index (Phi) is 4.77. The fourth-order valence-electron chi connectivity index (χ4n) is 1.26. The third-order valence-corrected chi connectivity index (χ3v) is 2.47. The lowest BCUT2D eigenvalue weighted by Crippen LogP contribution is -2.09. The number of hydrogen-bond donors (Lipinski definition) is 0. The predicted molar refractivity (Wildman–Crippen MR) is 68.5 cm³/mol. The van der Waals surface area contributed by atoms with Gasteiger partial charge in [0.05, 0.1) is 4.92 Å². The molecule has 0 aromatic heterocycles. The number of nitro groups is 1. The maximum atomic E-state index is 11.4. The van der Waals surface area contributed by atoms with Crippen LogP contribution < -0.4 is 0 Å². The van der Waals surface area contributed by atoms with Crippen molar-refractivity contribution in [1.82, 2.24) is 0 Å².